The van der Waals surface area contributed by atoms with Crippen LogP contribution in [-0.4, -0.2) is 34.3 Å². The molecule has 2 heterocycles. The molecule has 6 nitrogen and oxygen atoms in total. The highest BCUT2D eigenvalue weighted by atomic mass is 32.2. The van der Waals surface area contributed by atoms with Crippen LogP contribution in [0, 0.1) is 6.92 Å². The zero-order valence-electron chi connectivity index (χ0n) is 22.4. The van der Waals surface area contributed by atoms with E-state index >= 15 is 0 Å². The molecule has 0 aromatic heterocycles. The van der Waals surface area contributed by atoms with Gasteiger partial charge in [-0.15, -0.1) is 0 Å². The second-order valence-corrected chi connectivity index (χ2v) is 12.6. The number of fused-ring (bicyclic) bond motifs is 4. The van der Waals surface area contributed by atoms with Crippen molar-refractivity contribution in [2.75, 3.05) is 22.9 Å². The summed E-state index contributed by atoms with van der Waals surface area (Å²) in [7, 11) is 0. The fourth-order valence-corrected chi connectivity index (χ4v) is 7.68. The standard InChI is InChI=1S/C31H28N4O2S3/c1-4-34-24-10-7-21(15-30(24)38-28-12-6-20(3)14-26(28)34)18-32-33-19-22-8-11-25-31(16-22)39-29-13-9-23(40(36)37)17-27(29)35(25)5-2/h6-19H,4-5H2,1-3H3,(H,36,37)/b32-18+,33-19+. The molecule has 1 N–H and O–H groups in total. The molecule has 4 aromatic rings. The van der Waals surface area contributed by atoms with Crippen molar-refractivity contribution >= 4 is 69.8 Å². The van der Waals surface area contributed by atoms with Crippen LogP contribution in [-0.2, 0) is 11.1 Å². The van der Waals surface area contributed by atoms with E-state index in [4.69, 9.17) is 0 Å². The van der Waals surface area contributed by atoms with Gasteiger partial charge in [0.05, 0.1) is 40.1 Å². The minimum Gasteiger partial charge on any atom is -0.340 e. The first-order valence-electron chi connectivity index (χ1n) is 13.1. The van der Waals surface area contributed by atoms with Crippen molar-refractivity contribution in [3.8, 4) is 0 Å². The summed E-state index contributed by atoms with van der Waals surface area (Å²) >= 11 is 1.44. The number of benzene rings is 4. The number of rotatable bonds is 6. The third-order valence-corrected chi connectivity index (χ3v) is 9.81. The molecule has 0 amide bonds. The van der Waals surface area contributed by atoms with Gasteiger partial charge < -0.3 is 14.4 Å². The normalized spacial score (nSPS) is 14.7. The fourth-order valence-electron chi connectivity index (χ4n) is 5.04. The lowest BCUT2D eigenvalue weighted by Gasteiger charge is -2.32. The van der Waals surface area contributed by atoms with Gasteiger partial charge in [-0.1, -0.05) is 41.7 Å². The predicted molar refractivity (Wildman–Crippen MR) is 168 cm³/mol. The van der Waals surface area contributed by atoms with E-state index in [1.54, 1.807) is 48.1 Å². The highest BCUT2D eigenvalue weighted by Crippen LogP contribution is 2.49. The molecular formula is C31H28N4O2S3. The number of anilines is 4. The summed E-state index contributed by atoms with van der Waals surface area (Å²) in [6, 6.07) is 24.7. The summed E-state index contributed by atoms with van der Waals surface area (Å²) in [5.74, 6) is 0. The Bertz CT molecular complexity index is 1700. The Morgan fingerprint density at radius 1 is 0.700 bits per heavy atom. The second-order valence-electron chi connectivity index (χ2n) is 9.49. The summed E-state index contributed by atoms with van der Waals surface area (Å²) in [4.78, 5) is 9.60. The molecule has 0 saturated heterocycles. The molecule has 2 aliphatic rings. The highest BCUT2D eigenvalue weighted by molar-refractivity contribution is 8.00. The van der Waals surface area contributed by atoms with Crippen LogP contribution in [0.4, 0.5) is 22.7 Å². The smallest absolute Gasteiger partial charge is 0.186 e. The van der Waals surface area contributed by atoms with E-state index in [1.807, 2.05) is 12.1 Å². The Hall–Kier alpha value is -3.37. The second kappa shape index (κ2) is 11.2. The molecular weight excluding hydrogens is 557 g/mol. The number of hydrogen-bond acceptors (Lipinski definition) is 7. The molecule has 0 bridgehead atoms. The average molecular weight is 585 g/mol. The lowest BCUT2D eigenvalue weighted by molar-refractivity contribution is 0.564. The molecule has 0 aliphatic carbocycles. The van der Waals surface area contributed by atoms with Crippen molar-refractivity contribution in [2.45, 2.75) is 45.2 Å². The van der Waals surface area contributed by atoms with E-state index in [0.29, 0.717) is 4.90 Å². The van der Waals surface area contributed by atoms with Crippen molar-refractivity contribution in [1.29, 1.82) is 0 Å². The van der Waals surface area contributed by atoms with Gasteiger partial charge >= 0.3 is 0 Å². The van der Waals surface area contributed by atoms with Gasteiger partial charge in [-0.2, -0.15) is 10.2 Å². The van der Waals surface area contributed by atoms with Gasteiger partial charge in [0.2, 0.25) is 0 Å². The van der Waals surface area contributed by atoms with Gasteiger partial charge in [0.15, 0.2) is 11.1 Å². The maximum Gasteiger partial charge on any atom is 0.186 e. The fraction of sp³-hybridized carbons (Fsp3) is 0.161. The lowest BCUT2D eigenvalue weighted by atomic mass is 10.1. The number of aryl methyl sites for hydroxylation is 1. The average Bonchev–Trinajstić information content (AvgIpc) is 2.96. The first-order valence-corrected chi connectivity index (χ1v) is 15.8. The Morgan fingerprint density at radius 3 is 1.75 bits per heavy atom. The van der Waals surface area contributed by atoms with Crippen molar-refractivity contribution in [3.63, 3.8) is 0 Å². The Kier molecular flexibility index (Phi) is 7.55. The first-order chi connectivity index (χ1) is 19.4. The van der Waals surface area contributed by atoms with Crippen LogP contribution in [0.5, 0.6) is 0 Å². The third kappa shape index (κ3) is 5.10. The SMILES string of the molecule is CCN1c2ccc(/C=N/N=C/c3ccc4c(c3)Sc3ccc(S(=O)O)cc3N4CC)cc2Sc2ccc(C)cc21. The van der Waals surface area contributed by atoms with Crippen molar-refractivity contribution in [1.82, 2.24) is 0 Å². The molecule has 6 rings (SSSR count). The van der Waals surface area contributed by atoms with Crippen molar-refractivity contribution < 1.29 is 8.76 Å². The summed E-state index contributed by atoms with van der Waals surface area (Å²) in [6.45, 7) is 8.06. The van der Waals surface area contributed by atoms with Crippen LogP contribution >= 0.6 is 23.5 Å². The quantitative estimate of drug-likeness (QED) is 0.140. The van der Waals surface area contributed by atoms with Gasteiger partial charge in [-0.05, 0) is 92.1 Å². The van der Waals surface area contributed by atoms with Crippen LogP contribution in [0.25, 0.3) is 0 Å². The zero-order valence-corrected chi connectivity index (χ0v) is 24.8. The van der Waals surface area contributed by atoms with Crippen LogP contribution in [0.2, 0.25) is 0 Å². The monoisotopic (exact) mass is 584 g/mol. The van der Waals surface area contributed by atoms with Crippen LogP contribution in [0.3, 0.4) is 0 Å². The molecule has 2 aliphatic heterocycles. The maximum absolute atomic E-state index is 11.6. The molecule has 202 valence electrons. The lowest BCUT2D eigenvalue weighted by Crippen LogP contribution is -2.20. The summed E-state index contributed by atoms with van der Waals surface area (Å²) < 4.78 is 21.1. The van der Waals surface area contributed by atoms with E-state index in [0.717, 1.165) is 45.4 Å². The number of hydrogen-bond donors (Lipinski definition) is 1. The largest absolute Gasteiger partial charge is 0.340 e. The van der Waals surface area contributed by atoms with Crippen LogP contribution < -0.4 is 9.80 Å². The van der Waals surface area contributed by atoms with Gasteiger partial charge in [-0.25, -0.2) is 4.21 Å². The molecule has 0 radical (unpaired) electrons. The Balaban J connectivity index is 1.19. The topological polar surface area (TPSA) is 68.5 Å². The molecule has 0 saturated carbocycles. The molecule has 1 atom stereocenters. The van der Waals surface area contributed by atoms with E-state index in [2.05, 4.69) is 89.3 Å². The van der Waals surface area contributed by atoms with E-state index in [-0.39, 0.29) is 0 Å². The first kappa shape index (κ1) is 26.8. The zero-order chi connectivity index (χ0) is 27.8. The highest BCUT2D eigenvalue weighted by Gasteiger charge is 2.24. The predicted octanol–water partition coefficient (Wildman–Crippen LogP) is 8.27. The Labute approximate surface area is 245 Å². The minimum absolute atomic E-state index is 0.406. The maximum atomic E-state index is 11.6. The minimum atomic E-state index is -2.01. The molecule has 1 unspecified atom stereocenters. The van der Waals surface area contributed by atoms with Crippen LogP contribution in [0.15, 0.2) is 107 Å². The number of nitrogens with zero attached hydrogens (tertiary/aromatic N) is 4. The molecule has 9 heteroatoms. The molecule has 0 spiro atoms. The summed E-state index contributed by atoms with van der Waals surface area (Å²) in [5.41, 5.74) is 7.76. The van der Waals surface area contributed by atoms with Gasteiger partial charge in [0, 0.05) is 32.7 Å². The molecule has 40 heavy (non-hydrogen) atoms. The van der Waals surface area contributed by atoms with E-state index < -0.39 is 11.1 Å². The summed E-state index contributed by atoms with van der Waals surface area (Å²) in [6.07, 6.45) is 3.56. The summed E-state index contributed by atoms with van der Waals surface area (Å²) in [5, 5.41) is 8.67. The van der Waals surface area contributed by atoms with Gasteiger partial charge in [-0.3, -0.25) is 0 Å². The Morgan fingerprint density at radius 2 is 1.23 bits per heavy atom. The molecule has 0 fully saturated rings. The van der Waals surface area contributed by atoms with E-state index in [1.165, 1.54) is 26.7 Å². The van der Waals surface area contributed by atoms with Gasteiger partial charge in [0.25, 0.3) is 0 Å². The van der Waals surface area contributed by atoms with Gasteiger partial charge in [0.1, 0.15) is 0 Å². The van der Waals surface area contributed by atoms with E-state index in [9.17, 15) is 8.76 Å². The third-order valence-electron chi connectivity index (χ3n) is 6.93. The van der Waals surface area contributed by atoms with Crippen molar-refractivity contribution in [3.05, 3.63) is 89.5 Å². The molecule has 4 aromatic carbocycles. The van der Waals surface area contributed by atoms with Crippen molar-refractivity contribution in [2.24, 2.45) is 10.2 Å². The van der Waals surface area contributed by atoms with Crippen LogP contribution in [0.1, 0.15) is 30.5 Å².